The van der Waals surface area contributed by atoms with Crippen LogP contribution in [0.3, 0.4) is 0 Å². The smallest absolute Gasteiger partial charge is 0.326 e. The number of hydrogen-bond donors (Lipinski definition) is 10. The van der Waals surface area contributed by atoms with E-state index in [1.54, 1.807) is 0 Å². The minimum absolute atomic E-state index is 0.117. The van der Waals surface area contributed by atoms with Crippen LogP contribution in [0.4, 0.5) is 0 Å². The standard InChI is InChI=1S/C17H29N7O9S/c18-7(2-1-3-21-17(19)20)13(29)22-8(4-11(25)26)14(30)24-10(6-34)15(31)23-9(16(32)33)5-12(27)28/h7-10,34H,1-6,18H2,(H,22,29)(H,23,31)(H,24,30)(H,25,26)(H,27,28)(H,32,33)(H4,19,20,21). The zero-order chi connectivity index (χ0) is 26.4. The number of aliphatic carboxylic acids is 3. The molecule has 0 aliphatic carbocycles. The van der Waals surface area contributed by atoms with Crippen LogP contribution in [0.15, 0.2) is 4.99 Å². The van der Waals surface area contributed by atoms with Crippen molar-refractivity contribution >= 4 is 54.2 Å². The van der Waals surface area contributed by atoms with Crippen molar-refractivity contribution in [2.24, 2.45) is 22.2 Å². The molecule has 0 aromatic rings. The van der Waals surface area contributed by atoms with Gasteiger partial charge in [-0.25, -0.2) is 4.79 Å². The summed E-state index contributed by atoms with van der Waals surface area (Å²) in [6.45, 7) is 0.195. The Bertz CT molecular complexity index is 804. The Balaban J connectivity index is 5.19. The van der Waals surface area contributed by atoms with Gasteiger partial charge in [-0.05, 0) is 12.8 Å². The monoisotopic (exact) mass is 507 g/mol. The molecular formula is C17H29N7O9S. The van der Waals surface area contributed by atoms with Crippen LogP contribution in [0.5, 0.6) is 0 Å². The molecule has 0 saturated carbocycles. The van der Waals surface area contributed by atoms with Crippen LogP contribution in [-0.2, 0) is 28.8 Å². The van der Waals surface area contributed by atoms with Crippen LogP contribution in [0.25, 0.3) is 0 Å². The minimum Gasteiger partial charge on any atom is -0.481 e. The van der Waals surface area contributed by atoms with Gasteiger partial charge >= 0.3 is 17.9 Å². The molecule has 0 aromatic heterocycles. The van der Waals surface area contributed by atoms with Gasteiger partial charge in [0.2, 0.25) is 17.7 Å². The summed E-state index contributed by atoms with van der Waals surface area (Å²) < 4.78 is 0. The van der Waals surface area contributed by atoms with Crippen LogP contribution in [0, 0.1) is 0 Å². The average molecular weight is 508 g/mol. The van der Waals surface area contributed by atoms with Crippen molar-refractivity contribution in [3.05, 3.63) is 0 Å². The third-order valence-electron chi connectivity index (χ3n) is 4.12. The van der Waals surface area contributed by atoms with Crippen LogP contribution in [-0.4, -0.2) is 93.4 Å². The predicted octanol–water partition coefficient (Wildman–Crippen LogP) is -4.21. The van der Waals surface area contributed by atoms with Crippen molar-refractivity contribution in [3.63, 3.8) is 0 Å². The quantitative estimate of drug-likeness (QED) is 0.0411. The number of nitrogens with zero attached hydrogens (tertiary/aromatic N) is 1. The van der Waals surface area contributed by atoms with Crippen LogP contribution >= 0.6 is 12.6 Å². The maximum absolute atomic E-state index is 12.5. The molecule has 4 unspecified atom stereocenters. The summed E-state index contributed by atoms with van der Waals surface area (Å²) >= 11 is 3.89. The molecule has 16 nitrogen and oxygen atoms in total. The molecular weight excluding hydrogens is 478 g/mol. The summed E-state index contributed by atoms with van der Waals surface area (Å²) in [5, 5.41) is 33.1. The van der Waals surface area contributed by atoms with Crippen molar-refractivity contribution in [2.45, 2.75) is 49.9 Å². The largest absolute Gasteiger partial charge is 0.481 e. The van der Waals surface area contributed by atoms with Crippen LogP contribution in [0.1, 0.15) is 25.7 Å². The Morgan fingerprint density at radius 1 is 0.794 bits per heavy atom. The highest BCUT2D eigenvalue weighted by Gasteiger charge is 2.31. The SMILES string of the molecule is NC(N)=NCCCC(N)C(=O)NC(CC(=O)O)C(=O)NC(CS)C(=O)NC(CC(=O)O)C(=O)O. The van der Waals surface area contributed by atoms with Crippen LogP contribution < -0.4 is 33.2 Å². The van der Waals surface area contributed by atoms with E-state index in [4.69, 9.17) is 32.5 Å². The lowest BCUT2D eigenvalue weighted by molar-refractivity contribution is -0.147. The number of carbonyl (C=O) groups is 6. The number of aliphatic imine (C=N–C) groups is 1. The molecule has 12 N–H and O–H groups in total. The van der Waals surface area contributed by atoms with Crippen molar-refractivity contribution in [1.82, 2.24) is 16.0 Å². The Labute approximate surface area is 199 Å². The van der Waals surface area contributed by atoms with E-state index in [1.807, 2.05) is 5.32 Å². The Kier molecular flexibility index (Phi) is 13.7. The second-order valence-electron chi connectivity index (χ2n) is 6.96. The highest BCUT2D eigenvalue weighted by Crippen LogP contribution is 2.02. The number of carbonyl (C=O) groups excluding carboxylic acids is 3. The summed E-state index contributed by atoms with van der Waals surface area (Å²) in [4.78, 5) is 73.8. The molecule has 4 atom stereocenters. The first-order chi connectivity index (χ1) is 15.8. The van der Waals surface area contributed by atoms with Gasteiger partial charge in [0.15, 0.2) is 5.96 Å². The molecule has 0 saturated heterocycles. The second kappa shape index (κ2) is 15.3. The fraction of sp³-hybridized carbons (Fsp3) is 0.588. The number of thiol groups is 1. The number of hydrogen-bond acceptors (Lipinski definition) is 9. The summed E-state index contributed by atoms with van der Waals surface area (Å²) in [6.07, 6.45) is -1.33. The molecule has 0 heterocycles. The van der Waals surface area contributed by atoms with Gasteiger partial charge in [0.25, 0.3) is 0 Å². The van der Waals surface area contributed by atoms with E-state index >= 15 is 0 Å². The van der Waals surface area contributed by atoms with E-state index in [1.165, 1.54) is 0 Å². The molecule has 17 heteroatoms. The predicted molar refractivity (Wildman–Crippen MR) is 120 cm³/mol. The molecule has 0 radical (unpaired) electrons. The van der Waals surface area contributed by atoms with Gasteiger partial charge in [0.1, 0.15) is 18.1 Å². The minimum atomic E-state index is -1.78. The molecule has 0 aromatic carbocycles. The van der Waals surface area contributed by atoms with Crippen molar-refractivity contribution in [2.75, 3.05) is 12.3 Å². The van der Waals surface area contributed by atoms with Gasteiger partial charge in [-0.2, -0.15) is 12.6 Å². The lowest BCUT2D eigenvalue weighted by atomic mass is 10.1. The third-order valence-corrected chi connectivity index (χ3v) is 4.49. The van der Waals surface area contributed by atoms with Gasteiger partial charge in [-0.1, -0.05) is 0 Å². The number of amides is 3. The molecule has 0 bridgehead atoms. The summed E-state index contributed by atoms with van der Waals surface area (Å²) in [5.41, 5.74) is 16.1. The highest BCUT2D eigenvalue weighted by atomic mass is 32.1. The number of carboxylic acids is 3. The van der Waals surface area contributed by atoms with E-state index in [9.17, 15) is 28.8 Å². The zero-order valence-corrected chi connectivity index (χ0v) is 18.9. The summed E-state index contributed by atoms with van der Waals surface area (Å²) in [5.74, 6) is -8.04. The Morgan fingerprint density at radius 3 is 1.74 bits per heavy atom. The highest BCUT2D eigenvalue weighted by molar-refractivity contribution is 7.80. The molecule has 0 aliphatic heterocycles. The first-order valence-electron chi connectivity index (χ1n) is 9.77. The molecule has 0 fully saturated rings. The second-order valence-corrected chi connectivity index (χ2v) is 7.32. The molecule has 0 spiro atoms. The fourth-order valence-corrected chi connectivity index (χ4v) is 2.68. The third kappa shape index (κ3) is 12.4. The van der Waals surface area contributed by atoms with Crippen molar-refractivity contribution in [1.29, 1.82) is 0 Å². The topological polar surface area (TPSA) is 290 Å². The van der Waals surface area contributed by atoms with Gasteiger partial charge in [-0.15, -0.1) is 0 Å². The lowest BCUT2D eigenvalue weighted by Crippen LogP contribution is -2.58. The van der Waals surface area contributed by atoms with Gasteiger partial charge in [-0.3, -0.25) is 29.0 Å². The molecule has 34 heavy (non-hydrogen) atoms. The number of nitrogens with two attached hydrogens (primary N) is 3. The average Bonchev–Trinajstić information content (AvgIpc) is 2.72. The first-order valence-corrected chi connectivity index (χ1v) is 10.4. The number of carboxylic acid groups (broad SMARTS) is 3. The maximum atomic E-state index is 12.5. The normalized spacial score (nSPS) is 13.9. The van der Waals surface area contributed by atoms with E-state index in [2.05, 4.69) is 28.3 Å². The lowest BCUT2D eigenvalue weighted by Gasteiger charge is -2.23. The van der Waals surface area contributed by atoms with Crippen molar-refractivity contribution < 1.29 is 44.1 Å². The molecule has 0 aliphatic rings. The summed E-state index contributed by atoms with van der Waals surface area (Å²) in [6, 6.07) is -5.99. The van der Waals surface area contributed by atoms with Gasteiger partial charge in [0, 0.05) is 12.3 Å². The van der Waals surface area contributed by atoms with Gasteiger partial charge in [0.05, 0.1) is 18.9 Å². The number of guanidine groups is 1. The number of nitrogens with one attached hydrogen (secondary N) is 3. The first kappa shape index (κ1) is 30.4. The maximum Gasteiger partial charge on any atom is 0.326 e. The fourth-order valence-electron chi connectivity index (χ4n) is 2.43. The number of rotatable bonds is 16. The van der Waals surface area contributed by atoms with Gasteiger partial charge < -0.3 is 48.5 Å². The summed E-state index contributed by atoms with van der Waals surface area (Å²) in [7, 11) is 0. The Morgan fingerprint density at radius 2 is 1.26 bits per heavy atom. The Hall–Kier alpha value is -3.60. The van der Waals surface area contributed by atoms with Crippen molar-refractivity contribution in [3.8, 4) is 0 Å². The molecule has 3 amide bonds. The molecule has 0 rings (SSSR count). The zero-order valence-electron chi connectivity index (χ0n) is 18.0. The van der Waals surface area contributed by atoms with E-state index < -0.39 is 72.6 Å². The van der Waals surface area contributed by atoms with E-state index in [0.717, 1.165) is 0 Å². The van der Waals surface area contributed by atoms with E-state index in [-0.39, 0.29) is 24.7 Å². The van der Waals surface area contributed by atoms with E-state index in [0.29, 0.717) is 6.42 Å². The molecule has 192 valence electrons. The van der Waals surface area contributed by atoms with Crippen LogP contribution in [0.2, 0.25) is 0 Å².